The van der Waals surface area contributed by atoms with E-state index >= 15 is 0 Å². The average molecular weight is 264 g/mol. The molecule has 104 valence electrons. The molecule has 1 aliphatic rings. The lowest BCUT2D eigenvalue weighted by molar-refractivity contribution is -0.126. The first-order chi connectivity index (χ1) is 9.16. The highest BCUT2D eigenvalue weighted by Crippen LogP contribution is 2.22. The van der Waals surface area contributed by atoms with Gasteiger partial charge in [0, 0.05) is 12.6 Å². The molecule has 0 radical (unpaired) electrons. The van der Waals surface area contributed by atoms with Crippen molar-refractivity contribution in [2.75, 3.05) is 6.54 Å². The van der Waals surface area contributed by atoms with Crippen LogP contribution < -0.4 is 11.1 Å². The van der Waals surface area contributed by atoms with Gasteiger partial charge in [-0.15, -0.1) is 0 Å². The Bertz CT molecular complexity index is 436. The van der Waals surface area contributed by atoms with Crippen LogP contribution in [0.1, 0.15) is 31.2 Å². The maximum absolute atomic E-state index is 13.0. The van der Waals surface area contributed by atoms with Gasteiger partial charge in [-0.2, -0.15) is 0 Å². The molecule has 4 heteroatoms. The van der Waals surface area contributed by atoms with Gasteiger partial charge in [0.1, 0.15) is 5.82 Å². The van der Waals surface area contributed by atoms with Crippen LogP contribution in [-0.2, 0) is 11.2 Å². The quantitative estimate of drug-likeness (QED) is 0.874. The minimum atomic E-state index is -0.238. The van der Waals surface area contributed by atoms with E-state index in [-0.39, 0.29) is 23.7 Å². The fourth-order valence-corrected chi connectivity index (χ4v) is 2.64. The molecule has 0 aliphatic heterocycles. The molecule has 2 unspecified atom stereocenters. The van der Waals surface area contributed by atoms with Gasteiger partial charge in [-0.1, -0.05) is 25.0 Å². The highest BCUT2D eigenvalue weighted by Gasteiger charge is 2.27. The van der Waals surface area contributed by atoms with Crippen molar-refractivity contribution in [3.63, 3.8) is 0 Å². The summed E-state index contributed by atoms with van der Waals surface area (Å²) in [7, 11) is 0. The minimum Gasteiger partial charge on any atom is -0.355 e. The Hall–Kier alpha value is -1.42. The Morgan fingerprint density at radius 2 is 2.16 bits per heavy atom. The Labute approximate surface area is 113 Å². The van der Waals surface area contributed by atoms with Gasteiger partial charge in [0.15, 0.2) is 0 Å². The van der Waals surface area contributed by atoms with E-state index in [1.807, 2.05) is 6.07 Å². The Balaban J connectivity index is 1.77. The van der Waals surface area contributed by atoms with Gasteiger partial charge in [0.25, 0.3) is 0 Å². The van der Waals surface area contributed by atoms with E-state index in [9.17, 15) is 9.18 Å². The zero-order valence-electron chi connectivity index (χ0n) is 11.1. The van der Waals surface area contributed by atoms with Crippen molar-refractivity contribution in [1.82, 2.24) is 5.32 Å². The smallest absolute Gasteiger partial charge is 0.224 e. The number of hydrogen-bond donors (Lipinski definition) is 2. The fraction of sp³-hybridized carbons (Fsp3) is 0.533. The molecule has 1 saturated carbocycles. The molecule has 1 amide bonds. The molecule has 1 aromatic carbocycles. The SMILES string of the molecule is NC1CCCCC1C(=O)NCCc1cccc(F)c1. The molecule has 0 bridgehead atoms. The first-order valence-electron chi connectivity index (χ1n) is 6.94. The van der Waals surface area contributed by atoms with Crippen LogP contribution in [0, 0.1) is 11.7 Å². The van der Waals surface area contributed by atoms with E-state index < -0.39 is 0 Å². The summed E-state index contributed by atoms with van der Waals surface area (Å²) in [4.78, 5) is 12.0. The second-order valence-corrected chi connectivity index (χ2v) is 5.23. The molecule has 0 spiro atoms. The zero-order valence-corrected chi connectivity index (χ0v) is 11.1. The number of halogens is 1. The maximum atomic E-state index is 13.0. The Morgan fingerprint density at radius 1 is 1.37 bits per heavy atom. The molecule has 3 nitrogen and oxygen atoms in total. The van der Waals surface area contributed by atoms with Gasteiger partial charge < -0.3 is 11.1 Å². The van der Waals surface area contributed by atoms with E-state index in [4.69, 9.17) is 5.73 Å². The van der Waals surface area contributed by atoms with Gasteiger partial charge >= 0.3 is 0 Å². The van der Waals surface area contributed by atoms with Gasteiger partial charge in [-0.25, -0.2) is 4.39 Å². The van der Waals surface area contributed by atoms with Crippen LogP contribution in [0.4, 0.5) is 4.39 Å². The van der Waals surface area contributed by atoms with E-state index in [0.29, 0.717) is 13.0 Å². The summed E-state index contributed by atoms with van der Waals surface area (Å²) in [5, 5.41) is 2.91. The number of nitrogens with one attached hydrogen (secondary N) is 1. The Kier molecular flexibility index (Phi) is 4.91. The molecule has 3 N–H and O–H groups in total. The summed E-state index contributed by atoms with van der Waals surface area (Å²) in [5.74, 6) is -0.247. The number of carbonyl (C=O) groups excluding carboxylic acids is 1. The largest absolute Gasteiger partial charge is 0.355 e. The van der Waals surface area contributed by atoms with Crippen molar-refractivity contribution in [1.29, 1.82) is 0 Å². The van der Waals surface area contributed by atoms with Crippen LogP contribution in [-0.4, -0.2) is 18.5 Å². The fourth-order valence-electron chi connectivity index (χ4n) is 2.64. The average Bonchev–Trinajstić information content (AvgIpc) is 2.39. The molecule has 0 heterocycles. The summed E-state index contributed by atoms with van der Waals surface area (Å²) in [5.41, 5.74) is 6.87. The number of nitrogens with two attached hydrogens (primary N) is 1. The second kappa shape index (κ2) is 6.66. The summed E-state index contributed by atoms with van der Waals surface area (Å²) < 4.78 is 13.0. The molecule has 1 fully saturated rings. The van der Waals surface area contributed by atoms with Gasteiger partial charge in [0.05, 0.1) is 5.92 Å². The summed E-state index contributed by atoms with van der Waals surface area (Å²) >= 11 is 0. The van der Waals surface area contributed by atoms with Crippen LogP contribution in [0.5, 0.6) is 0 Å². The predicted molar refractivity (Wildman–Crippen MR) is 73.0 cm³/mol. The van der Waals surface area contributed by atoms with Gasteiger partial charge in [0.2, 0.25) is 5.91 Å². The van der Waals surface area contributed by atoms with E-state index in [0.717, 1.165) is 31.2 Å². The van der Waals surface area contributed by atoms with E-state index in [2.05, 4.69) is 5.32 Å². The number of amides is 1. The molecule has 0 aromatic heterocycles. The van der Waals surface area contributed by atoms with Gasteiger partial charge in [-0.05, 0) is 37.0 Å². The molecular weight excluding hydrogens is 243 g/mol. The number of carbonyl (C=O) groups is 1. The molecular formula is C15H21FN2O. The second-order valence-electron chi connectivity index (χ2n) is 5.23. The topological polar surface area (TPSA) is 55.1 Å². The highest BCUT2D eigenvalue weighted by molar-refractivity contribution is 5.79. The summed E-state index contributed by atoms with van der Waals surface area (Å²) in [6, 6.07) is 6.45. The molecule has 0 saturated heterocycles. The highest BCUT2D eigenvalue weighted by atomic mass is 19.1. The van der Waals surface area contributed by atoms with Crippen LogP contribution in [0.2, 0.25) is 0 Å². The molecule has 1 aliphatic carbocycles. The summed E-state index contributed by atoms with van der Waals surface area (Å²) in [6.07, 6.45) is 4.66. The number of rotatable bonds is 4. The third kappa shape index (κ3) is 4.03. The van der Waals surface area contributed by atoms with Crippen LogP contribution in [0.25, 0.3) is 0 Å². The third-order valence-electron chi connectivity index (χ3n) is 3.76. The lowest BCUT2D eigenvalue weighted by atomic mass is 9.84. The van der Waals surface area contributed by atoms with Crippen molar-refractivity contribution in [2.24, 2.45) is 11.7 Å². The van der Waals surface area contributed by atoms with E-state index in [1.54, 1.807) is 6.07 Å². The van der Waals surface area contributed by atoms with Crippen molar-refractivity contribution in [3.05, 3.63) is 35.6 Å². The van der Waals surface area contributed by atoms with E-state index in [1.165, 1.54) is 12.1 Å². The first kappa shape index (κ1) is 14.0. The third-order valence-corrected chi connectivity index (χ3v) is 3.76. The van der Waals surface area contributed by atoms with Crippen molar-refractivity contribution in [3.8, 4) is 0 Å². The van der Waals surface area contributed by atoms with Crippen molar-refractivity contribution >= 4 is 5.91 Å². The minimum absolute atomic E-state index is 0.0112. The van der Waals surface area contributed by atoms with Crippen molar-refractivity contribution in [2.45, 2.75) is 38.1 Å². The lowest BCUT2D eigenvalue weighted by Gasteiger charge is -2.27. The van der Waals surface area contributed by atoms with Crippen LogP contribution >= 0.6 is 0 Å². The van der Waals surface area contributed by atoms with Crippen LogP contribution in [0.3, 0.4) is 0 Å². The molecule has 2 atom stereocenters. The molecule has 1 aromatic rings. The van der Waals surface area contributed by atoms with Gasteiger partial charge in [-0.3, -0.25) is 4.79 Å². The molecule has 2 rings (SSSR count). The maximum Gasteiger partial charge on any atom is 0.224 e. The van der Waals surface area contributed by atoms with Crippen molar-refractivity contribution < 1.29 is 9.18 Å². The standard InChI is InChI=1S/C15H21FN2O/c16-12-5-3-4-11(10-12)8-9-18-15(19)13-6-1-2-7-14(13)17/h3-5,10,13-14H,1-2,6-9,17H2,(H,18,19). The number of hydrogen-bond acceptors (Lipinski definition) is 2. The number of benzene rings is 1. The van der Waals surface area contributed by atoms with Crippen LogP contribution in [0.15, 0.2) is 24.3 Å². The summed E-state index contributed by atoms with van der Waals surface area (Å²) in [6.45, 7) is 0.533. The normalized spacial score (nSPS) is 23.1. The zero-order chi connectivity index (χ0) is 13.7. The Morgan fingerprint density at radius 3 is 2.89 bits per heavy atom. The lowest BCUT2D eigenvalue weighted by Crippen LogP contribution is -2.44. The molecule has 19 heavy (non-hydrogen) atoms. The predicted octanol–water partition coefficient (Wildman–Crippen LogP) is 2.00. The monoisotopic (exact) mass is 264 g/mol. The first-order valence-corrected chi connectivity index (χ1v) is 6.94.